The Balaban J connectivity index is 0.000000405. The van der Waals surface area contributed by atoms with E-state index >= 15 is 0 Å². The summed E-state index contributed by atoms with van der Waals surface area (Å²) in [6, 6.07) is 4.20. The van der Waals surface area contributed by atoms with Gasteiger partial charge in [0.15, 0.2) is 0 Å². The molecule has 0 heterocycles. The van der Waals surface area contributed by atoms with Gasteiger partial charge in [-0.1, -0.05) is 12.1 Å². The van der Waals surface area contributed by atoms with Gasteiger partial charge < -0.3 is 6.15 Å². The van der Waals surface area contributed by atoms with Crippen LogP contribution < -0.4 is 6.15 Å². The van der Waals surface area contributed by atoms with Gasteiger partial charge in [-0.3, -0.25) is 0 Å². The summed E-state index contributed by atoms with van der Waals surface area (Å²) in [5.74, 6) is 0. The molecule has 0 bridgehead atoms. The fraction of sp³-hybridized carbons (Fsp3) is 0. The van der Waals surface area contributed by atoms with Gasteiger partial charge in [-0.2, -0.15) is 0 Å². The van der Waals surface area contributed by atoms with Gasteiger partial charge in [-0.05, 0) is 43.0 Å². The first-order valence-corrected chi connectivity index (χ1v) is 3.87. The van der Waals surface area contributed by atoms with Crippen LogP contribution in [-0.4, -0.2) is 0 Å². The number of fused-ring (bicyclic) bond motifs is 1. The predicted molar refractivity (Wildman–Crippen MR) is 45.9 cm³/mol. The van der Waals surface area contributed by atoms with Crippen molar-refractivity contribution in [1.82, 2.24) is 6.15 Å². The molecule has 0 spiro atoms. The number of hydrogen-bond acceptors (Lipinski definition) is 1. The van der Waals surface area contributed by atoms with Crippen molar-refractivity contribution in [3.8, 4) is 11.1 Å². The van der Waals surface area contributed by atoms with Crippen molar-refractivity contribution >= 4 is 31.9 Å². The molecule has 0 radical (unpaired) electrons. The summed E-state index contributed by atoms with van der Waals surface area (Å²) in [7, 11) is 0. The molecule has 2 rings (SSSR count). The molecule has 2 aliphatic carbocycles. The normalized spacial score (nSPS) is 10.4. The maximum absolute atomic E-state index is 3.41. The molecule has 3 N–H and O–H groups in total. The number of hydrogen-bond donors (Lipinski definition) is 1. The highest BCUT2D eigenvalue weighted by atomic mass is 79.9. The number of halogens is 2. The summed E-state index contributed by atoms with van der Waals surface area (Å²) in [6.45, 7) is 0. The van der Waals surface area contributed by atoms with Crippen LogP contribution >= 0.6 is 31.9 Å². The first-order valence-electron chi connectivity index (χ1n) is 2.29. The lowest BCUT2D eigenvalue weighted by atomic mass is 9.94. The van der Waals surface area contributed by atoms with Crippen molar-refractivity contribution in [3.63, 3.8) is 0 Å². The van der Waals surface area contributed by atoms with Gasteiger partial charge in [0.1, 0.15) is 0 Å². The van der Waals surface area contributed by atoms with Gasteiger partial charge in [0.05, 0.1) is 0 Å². The molecule has 0 atom stereocenters. The van der Waals surface area contributed by atoms with E-state index in [9.17, 15) is 0 Å². The highest BCUT2D eigenvalue weighted by Crippen LogP contribution is 2.49. The van der Waals surface area contributed by atoms with E-state index in [2.05, 4.69) is 44.0 Å². The van der Waals surface area contributed by atoms with E-state index in [1.54, 1.807) is 0 Å². The summed E-state index contributed by atoms with van der Waals surface area (Å²) in [4.78, 5) is 0. The highest BCUT2D eigenvalue weighted by Gasteiger charge is 2.21. The fourth-order valence-electron chi connectivity index (χ4n) is 0.807. The van der Waals surface area contributed by atoms with E-state index in [-0.39, 0.29) is 6.15 Å². The Morgan fingerprint density at radius 2 is 1.22 bits per heavy atom. The molecule has 0 saturated heterocycles. The molecule has 0 unspecified atom stereocenters. The average Bonchev–Trinajstić information content (AvgIpc) is 1.64. The van der Waals surface area contributed by atoms with Crippen LogP contribution in [0.1, 0.15) is 0 Å². The van der Waals surface area contributed by atoms with Gasteiger partial charge >= 0.3 is 0 Å². The first-order chi connectivity index (χ1) is 3.80. The standard InChI is InChI=1S/C6H2Br2.H3N/c7-5-3-1-2-4(3)6(5)8;/h1-2H;1H3. The van der Waals surface area contributed by atoms with Crippen LogP contribution in [-0.2, 0) is 0 Å². The van der Waals surface area contributed by atoms with Crippen molar-refractivity contribution in [3.05, 3.63) is 21.1 Å². The molecular formula is C6H5Br2N. The monoisotopic (exact) mass is 249 g/mol. The summed E-state index contributed by atoms with van der Waals surface area (Å²) >= 11 is 6.81. The Bertz CT molecular complexity index is 230. The number of rotatable bonds is 0. The van der Waals surface area contributed by atoms with E-state index in [4.69, 9.17) is 0 Å². The molecule has 0 fully saturated rings. The van der Waals surface area contributed by atoms with Gasteiger partial charge in [0, 0.05) is 8.95 Å². The summed E-state index contributed by atoms with van der Waals surface area (Å²) in [5, 5.41) is 0. The number of benzene rings is 1. The summed E-state index contributed by atoms with van der Waals surface area (Å²) < 4.78 is 2.44. The van der Waals surface area contributed by atoms with E-state index in [0.29, 0.717) is 0 Å². The predicted octanol–water partition coefficient (Wildman–Crippen LogP) is 3.35. The van der Waals surface area contributed by atoms with E-state index in [0.717, 1.165) is 0 Å². The Hall–Kier alpha value is 0.140. The zero-order valence-electron chi connectivity index (χ0n) is 4.62. The minimum atomic E-state index is 0. The van der Waals surface area contributed by atoms with Crippen molar-refractivity contribution in [2.75, 3.05) is 0 Å². The zero-order chi connectivity index (χ0) is 5.72. The third kappa shape index (κ3) is 0.687. The quantitative estimate of drug-likeness (QED) is 0.765. The fourth-order valence-corrected chi connectivity index (χ4v) is 1.93. The van der Waals surface area contributed by atoms with Gasteiger partial charge in [0.25, 0.3) is 0 Å². The van der Waals surface area contributed by atoms with Crippen LogP contribution in [0.15, 0.2) is 21.1 Å². The van der Waals surface area contributed by atoms with Gasteiger partial charge in [-0.15, -0.1) is 0 Å². The second-order valence-corrected chi connectivity index (χ2v) is 3.37. The lowest BCUT2D eigenvalue weighted by molar-refractivity contribution is 1.45. The summed E-state index contributed by atoms with van der Waals surface area (Å²) in [6.07, 6.45) is 0. The average molecular weight is 251 g/mol. The van der Waals surface area contributed by atoms with Crippen LogP contribution in [0.3, 0.4) is 0 Å². The molecule has 0 aromatic carbocycles. The van der Waals surface area contributed by atoms with Crippen LogP contribution in [0.2, 0.25) is 0 Å². The Labute approximate surface area is 70.3 Å². The molecule has 0 saturated carbocycles. The van der Waals surface area contributed by atoms with Crippen LogP contribution in [0.5, 0.6) is 0 Å². The second-order valence-electron chi connectivity index (χ2n) is 1.79. The molecule has 0 aromatic heterocycles. The minimum absolute atomic E-state index is 0. The topological polar surface area (TPSA) is 35.0 Å². The van der Waals surface area contributed by atoms with Gasteiger partial charge in [-0.25, -0.2) is 0 Å². The third-order valence-corrected chi connectivity index (χ3v) is 3.55. The van der Waals surface area contributed by atoms with Crippen LogP contribution in [0, 0.1) is 0 Å². The Kier molecular flexibility index (Phi) is 1.67. The SMILES string of the molecule is Brc1c2ccc-2c1Br.N. The molecule has 48 valence electrons. The Morgan fingerprint density at radius 1 is 0.889 bits per heavy atom. The summed E-state index contributed by atoms with van der Waals surface area (Å²) in [5.41, 5.74) is 2.72. The lowest BCUT2D eigenvalue weighted by Gasteiger charge is -2.20. The molecule has 2 aliphatic rings. The molecule has 1 nitrogen and oxygen atoms in total. The molecule has 9 heavy (non-hydrogen) atoms. The Morgan fingerprint density at radius 3 is 1.33 bits per heavy atom. The highest BCUT2D eigenvalue weighted by molar-refractivity contribution is 9.13. The third-order valence-electron chi connectivity index (χ3n) is 1.37. The molecule has 3 heteroatoms. The van der Waals surface area contributed by atoms with Crippen molar-refractivity contribution in [1.29, 1.82) is 0 Å². The van der Waals surface area contributed by atoms with Gasteiger partial charge in [0.2, 0.25) is 0 Å². The van der Waals surface area contributed by atoms with E-state index < -0.39 is 0 Å². The van der Waals surface area contributed by atoms with E-state index in [1.165, 1.54) is 20.1 Å². The second kappa shape index (κ2) is 2.08. The van der Waals surface area contributed by atoms with Crippen LogP contribution in [0.4, 0.5) is 0 Å². The van der Waals surface area contributed by atoms with E-state index in [1.807, 2.05) is 0 Å². The molecule has 0 aromatic rings. The first kappa shape index (κ1) is 7.25. The zero-order valence-corrected chi connectivity index (χ0v) is 7.79. The maximum Gasteiger partial charge on any atom is 0.0402 e. The largest absolute Gasteiger partial charge is 0.344 e. The lowest BCUT2D eigenvalue weighted by Crippen LogP contribution is -1.94. The molecule has 0 amide bonds. The minimum Gasteiger partial charge on any atom is -0.344 e. The maximum atomic E-state index is 3.41. The van der Waals surface area contributed by atoms with Crippen molar-refractivity contribution in [2.24, 2.45) is 0 Å². The molecular weight excluding hydrogens is 246 g/mol. The molecule has 0 aliphatic heterocycles. The van der Waals surface area contributed by atoms with Crippen molar-refractivity contribution in [2.45, 2.75) is 0 Å². The van der Waals surface area contributed by atoms with Crippen molar-refractivity contribution < 1.29 is 0 Å². The smallest absolute Gasteiger partial charge is 0.0402 e. The van der Waals surface area contributed by atoms with Crippen LogP contribution in [0.25, 0.3) is 11.1 Å².